The van der Waals surface area contributed by atoms with Gasteiger partial charge in [0.2, 0.25) is 0 Å². The molecule has 0 saturated heterocycles. The molecule has 0 unspecified atom stereocenters. The fourth-order valence-electron chi connectivity index (χ4n) is 0.480. The Balaban J connectivity index is 3.66. The minimum Gasteiger partial charge on any atom is -0.378 e. The molecule has 0 aliphatic heterocycles. The first kappa shape index (κ1) is 9.54. The van der Waals surface area contributed by atoms with Crippen molar-refractivity contribution in [2.75, 3.05) is 7.05 Å². The first-order valence-corrected chi connectivity index (χ1v) is 3.94. The lowest BCUT2D eigenvalue weighted by atomic mass is 10.2. The van der Waals surface area contributed by atoms with Crippen LogP contribution in [0.4, 0.5) is 0 Å². The van der Waals surface area contributed by atoms with E-state index in [-0.39, 0.29) is 0 Å². The second-order valence-corrected chi connectivity index (χ2v) is 3.34. The van der Waals surface area contributed by atoms with Crippen molar-refractivity contribution in [2.24, 2.45) is 5.92 Å². The Hall–Kier alpha value is -0.460. The van der Waals surface area contributed by atoms with Crippen LogP contribution in [0.3, 0.4) is 0 Å². The molecular formula is C9H19N. The van der Waals surface area contributed by atoms with Crippen LogP contribution < -0.4 is 0 Å². The maximum atomic E-state index is 2.21. The third-order valence-electron chi connectivity index (χ3n) is 1.52. The molecule has 10 heavy (non-hydrogen) atoms. The molecule has 1 nitrogen and oxygen atoms in total. The summed E-state index contributed by atoms with van der Waals surface area (Å²) in [6, 6.07) is 0.606. The smallest absolute Gasteiger partial charge is 0.0224 e. The van der Waals surface area contributed by atoms with Crippen molar-refractivity contribution >= 4 is 0 Å². The van der Waals surface area contributed by atoms with Crippen LogP contribution in [-0.4, -0.2) is 18.0 Å². The Morgan fingerprint density at radius 2 is 1.60 bits per heavy atom. The molecule has 1 heteroatoms. The summed E-state index contributed by atoms with van der Waals surface area (Å²) in [5, 5.41) is 0. The van der Waals surface area contributed by atoms with E-state index in [0.29, 0.717) is 12.0 Å². The van der Waals surface area contributed by atoms with Crippen LogP contribution in [0.1, 0.15) is 27.7 Å². The van der Waals surface area contributed by atoms with Gasteiger partial charge in [-0.05, 0) is 26.0 Å². The highest BCUT2D eigenvalue weighted by Crippen LogP contribution is 1.98. The minimum atomic E-state index is 0.606. The maximum Gasteiger partial charge on any atom is 0.0224 e. The van der Waals surface area contributed by atoms with Crippen molar-refractivity contribution < 1.29 is 0 Å². The molecule has 0 fully saturated rings. The molecule has 0 aliphatic carbocycles. The monoisotopic (exact) mass is 141 g/mol. The molecule has 0 spiro atoms. The molecule has 0 aliphatic rings. The summed E-state index contributed by atoms with van der Waals surface area (Å²) in [4.78, 5) is 2.21. The maximum absolute atomic E-state index is 2.21. The first-order valence-electron chi connectivity index (χ1n) is 3.94. The third-order valence-corrected chi connectivity index (χ3v) is 1.52. The summed E-state index contributed by atoms with van der Waals surface area (Å²) >= 11 is 0. The van der Waals surface area contributed by atoms with E-state index in [1.165, 1.54) is 0 Å². The van der Waals surface area contributed by atoms with Gasteiger partial charge in [-0.3, -0.25) is 0 Å². The standard InChI is InChI=1S/C9H19N/c1-8(2)6-7-10(5)9(3)4/h6-9H,1-5H3/b7-6+. The van der Waals surface area contributed by atoms with Gasteiger partial charge in [0.1, 0.15) is 0 Å². The highest BCUT2D eigenvalue weighted by atomic mass is 15.1. The van der Waals surface area contributed by atoms with E-state index in [9.17, 15) is 0 Å². The zero-order valence-electron chi connectivity index (χ0n) is 7.76. The fraction of sp³-hybridized carbons (Fsp3) is 0.778. The van der Waals surface area contributed by atoms with Crippen LogP contribution in [0.25, 0.3) is 0 Å². The molecule has 0 bridgehead atoms. The highest BCUT2D eigenvalue weighted by molar-refractivity contribution is 4.84. The normalized spacial score (nSPS) is 11.9. The van der Waals surface area contributed by atoms with Gasteiger partial charge >= 0.3 is 0 Å². The van der Waals surface area contributed by atoms with Crippen molar-refractivity contribution in [1.82, 2.24) is 4.90 Å². The van der Waals surface area contributed by atoms with Gasteiger partial charge in [-0.25, -0.2) is 0 Å². The topological polar surface area (TPSA) is 3.24 Å². The number of hydrogen-bond acceptors (Lipinski definition) is 1. The van der Waals surface area contributed by atoms with Crippen LogP contribution >= 0.6 is 0 Å². The zero-order valence-corrected chi connectivity index (χ0v) is 7.76. The average Bonchev–Trinajstić information content (AvgIpc) is 1.82. The molecular weight excluding hydrogens is 122 g/mol. The predicted molar refractivity (Wildman–Crippen MR) is 46.9 cm³/mol. The molecule has 0 N–H and O–H groups in total. The molecule has 0 saturated carbocycles. The van der Waals surface area contributed by atoms with Crippen molar-refractivity contribution in [3.05, 3.63) is 12.3 Å². The Labute approximate surface area is 64.7 Å². The number of rotatable bonds is 3. The third kappa shape index (κ3) is 4.42. The minimum absolute atomic E-state index is 0.606. The van der Waals surface area contributed by atoms with Crippen LogP contribution in [-0.2, 0) is 0 Å². The molecule has 0 aromatic carbocycles. The second kappa shape index (κ2) is 4.37. The fourth-order valence-corrected chi connectivity index (χ4v) is 0.480. The van der Waals surface area contributed by atoms with E-state index in [2.05, 4.69) is 51.9 Å². The van der Waals surface area contributed by atoms with Crippen LogP contribution in [0.15, 0.2) is 12.3 Å². The van der Waals surface area contributed by atoms with E-state index in [1.807, 2.05) is 0 Å². The lowest BCUT2D eigenvalue weighted by molar-refractivity contribution is 0.373. The summed E-state index contributed by atoms with van der Waals surface area (Å²) in [5.74, 6) is 0.654. The largest absolute Gasteiger partial charge is 0.378 e. The van der Waals surface area contributed by atoms with E-state index in [0.717, 1.165) is 0 Å². The number of nitrogens with zero attached hydrogens (tertiary/aromatic N) is 1. The zero-order chi connectivity index (χ0) is 8.15. The average molecular weight is 141 g/mol. The van der Waals surface area contributed by atoms with Crippen molar-refractivity contribution in [3.63, 3.8) is 0 Å². The lowest BCUT2D eigenvalue weighted by Crippen LogP contribution is -2.19. The van der Waals surface area contributed by atoms with Crippen LogP contribution in [0.5, 0.6) is 0 Å². The second-order valence-electron chi connectivity index (χ2n) is 3.34. The summed E-state index contributed by atoms with van der Waals surface area (Å²) in [7, 11) is 2.10. The molecule has 0 atom stereocenters. The van der Waals surface area contributed by atoms with Gasteiger partial charge in [0.15, 0.2) is 0 Å². The lowest BCUT2D eigenvalue weighted by Gasteiger charge is -2.18. The quantitative estimate of drug-likeness (QED) is 0.583. The molecule has 0 aromatic rings. The van der Waals surface area contributed by atoms with Crippen LogP contribution in [0.2, 0.25) is 0 Å². The molecule has 0 heterocycles. The van der Waals surface area contributed by atoms with Gasteiger partial charge in [-0.1, -0.05) is 19.9 Å². The van der Waals surface area contributed by atoms with Gasteiger partial charge in [0.25, 0.3) is 0 Å². The SMILES string of the molecule is CC(C)/C=C/N(C)C(C)C. The molecule has 0 radical (unpaired) electrons. The van der Waals surface area contributed by atoms with Gasteiger partial charge in [0.05, 0.1) is 0 Å². The van der Waals surface area contributed by atoms with E-state index < -0.39 is 0 Å². The summed E-state index contributed by atoms with van der Waals surface area (Å²) in [6.45, 7) is 8.74. The van der Waals surface area contributed by atoms with Crippen molar-refractivity contribution in [1.29, 1.82) is 0 Å². The number of allylic oxidation sites excluding steroid dienone is 1. The first-order chi connectivity index (χ1) is 4.54. The summed E-state index contributed by atoms with van der Waals surface area (Å²) < 4.78 is 0. The van der Waals surface area contributed by atoms with Gasteiger partial charge in [0, 0.05) is 13.1 Å². The molecule has 0 rings (SSSR count). The Kier molecular flexibility index (Phi) is 4.17. The summed E-state index contributed by atoms with van der Waals surface area (Å²) in [5.41, 5.74) is 0. The predicted octanol–water partition coefficient (Wildman–Crippen LogP) is 2.50. The van der Waals surface area contributed by atoms with Gasteiger partial charge in [-0.2, -0.15) is 0 Å². The summed E-state index contributed by atoms with van der Waals surface area (Å²) in [6.07, 6.45) is 4.36. The van der Waals surface area contributed by atoms with E-state index in [4.69, 9.17) is 0 Å². The Bertz CT molecular complexity index is 103. The van der Waals surface area contributed by atoms with Crippen LogP contribution in [0, 0.1) is 5.92 Å². The van der Waals surface area contributed by atoms with E-state index >= 15 is 0 Å². The van der Waals surface area contributed by atoms with E-state index in [1.54, 1.807) is 0 Å². The molecule has 60 valence electrons. The van der Waals surface area contributed by atoms with Gasteiger partial charge in [-0.15, -0.1) is 0 Å². The molecule has 0 aromatic heterocycles. The highest BCUT2D eigenvalue weighted by Gasteiger charge is 1.94. The Morgan fingerprint density at radius 1 is 1.10 bits per heavy atom. The molecule has 0 amide bonds. The van der Waals surface area contributed by atoms with Crippen molar-refractivity contribution in [3.8, 4) is 0 Å². The van der Waals surface area contributed by atoms with Crippen molar-refractivity contribution in [2.45, 2.75) is 33.7 Å². The Morgan fingerprint density at radius 3 is 1.90 bits per heavy atom. The van der Waals surface area contributed by atoms with Gasteiger partial charge < -0.3 is 4.90 Å². The number of hydrogen-bond donors (Lipinski definition) is 0.